The zero-order valence-electron chi connectivity index (χ0n) is 15.4. The molecule has 1 heterocycles. The molecule has 0 aliphatic carbocycles. The van der Waals surface area contributed by atoms with Gasteiger partial charge in [0.2, 0.25) is 0 Å². The average Bonchev–Trinajstić information content (AvgIpc) is 2.98. The number of nitrogens with zero attached hydrogens (tertiary/aromatic N) is 1. The Kier molecular flexibility index (Phi) is 6.13. The fourth-order valence-corrected chi connectivity index (χ4v) is 3.59. The Morgan fingerprint density at radius 1 is 1.41 bits per heavy atom. The van der Waals surface area contributed by atoms with E-state index in [4.69, 9.17) is 9.94 Å². The molecule has 2 N–H and O–H groups in total. The standard InChI is InChI=1S/C18H22N2O6S/c1-4-5-6-13-7-9-14(10-8-13)20-12-15(26-17(20)22)11-18(2,16(21)19-23)27(3,24)25/h7-10,15,23H,4,11-12H2,1-3H3,(H,19,21). The smallest absolute Gasteiger partial charge is 0.414 e. The zero-order valence-corrected chi connectivity index (χ0v) is 16.2. The lowest BCUT2D eigenvalue weighted by atomic mass is 10.0. The first kappa shape index (κ1) is 20.7. The van der Waals surface area contributed by atoms with Gasteiger partial charge in [-0.1, -0.05) is 18.8 Å². The summed E-state index contributed by atoms with van der Waals surface area (Å²) in [6, 6.07) is 7.00. The van der Waals surface area contributed by atoms with Gasteiger partial charge in [-0.15, -0.1) is 0 Å². The van der Waals surface area contributed by atoms with Crippen molar-refractivity contribution in [1.29, 1.82) is 0 Å². The first-order valence-corrected chi connectivity index (χ1v) is 10.2. The third kappa shape index (κ3) is 4.40. The first-order chi connectivity index (χ1) is 12.6. The highest BCUT2D eigenvalue weighted by Gasteiger charge is 2.48. The molecule has 8 nitrogen and oxygen atoms in total. The SMILES string of the molecule is CCC#Cc1ccc(N2CC(CC(C)(C(=O)NO)S(C)(=O)=O)OC2=O)cc1. The van der Waals surface area contributed by atoms with Gasteiger partial charge in [-0.2, -0.15) is 0 Å². The molecule has 0 radical (unpaired) electrons. The van der Waals surface area contributed by atoms with E-state index in [1.807, 2.05) is 6.92 Å². The van der Waals surface area contributed by atoms with Crippen molar-refractivity contribution in [2.75, 3.05) is 17.7 Å². The van der Waals surface area contributed by atoms with E-state index in [0.29, 0.717) is 5.69 Å². The third-order valence-corrected chi connectivity index (χ3v) is 6.47. The molecule has 0 bridgehead atoms. The van der Waals surface area contributed by atoms with Crippen LogP contribution in [-0.4, -0.2) is 49.3 Å². The average molecular weight is 394 g/mol. The molecule has 9 heteroatoms. The predicted molar refractivity (Wildman–Crippen MR) is 99.0 cm³/mol. The Labute approximate surface area is 158 Å². The summed E-state index contributed by atoms with van der Waals surface area (Å²) in [7, 11) is -3.87. The summed E-state index contributed by atoms with van der Waals surface area (Å²) in [6.45, 7) is 3.22. The molecule has 2 rings (SSSR count). The van der Waals surface area contributed by atoms with Crippen molar-refractivity contribution in [2.24, 2.45) is 0 Å². The van der Waals surface area contributed by atoms with Crippen LogP contribution in [0.5, 0.6) is 0 Å². The van der Waals surface area contributed by atoms with Crippen molar-refractivity contribution in [2.45, 2.75) is 37.5 Å². The first-order valence-electron chi connectivity index (χ1n) is 8.33. The second kappa shape index (κ2) is 7.98. The van der Waals surface area contributed by atoms with Crippen LogP contribution in [-0.2, 0) is 19.4 Å². The number of hydroxylamine groups is 1. The molecule has 0 aromatic heterocycles. The minimum atomic E-state index is -3.87. The van der Waals surface area contributed by atoms with Gasteiger partial charge >= 0.3 is 6.09 Å². The summed E-state index contributed by atoms with van der Waals surface area (Å²) in [6.07, 6.45) is -0.0998. The molecule has 1 fully saturated rings. The number of rotatable bonds is 5. The van der Waals surface area contributed by atoms with E-state index in [2.05, 4.69) is 11.8 Å². The number of hydrogen-bond donors (Lipinski definition) is 2. The molecular formula is C18H22N2O6S. The highest BCUT2D eigenvalue weighted by molar-refractivity contribution is 7.92. The van der Waals surface area contributed by atoms with Gasteiger partial charge in [-0.25, -0.2) is 18.7 Å². The normalized spacial score (nSPS) is 18.9. The molecule has 27 heavy (non-hydrogen) atoms. The molecule has 1 aromatic carbocycles. The maximum absolute atomic E-state index is 12.2. The number of anilines is 1. The van der Waals surface area contributed by atoms with E-state index >= 15 is 0 Å². The maximum atomic E-state index is 12.2. The molecule has 2 amide bonds. The van der Waals surface area contributed by atoms with Crippen molar-refractivity contribution in [3.63, 3.8) is 0 Å². The number of amides is 2. The summed E-state index contributed by atoms with van der Waals surface area (Å²) in [5.41, 5.74) is 2.77. The zero-order chi connectivity index (χ0) is 20.2. The van der Waals surface area contributed by atoms with Crippen molar-refractivity contribution in [3.8, 4) is 11.8 Å². The van der Waals surface area contributed by atoms with Crippen molar-refractivity contribution in [1.82, 2.24) is 5.48 Å². The lowest BCUT2D eigenvalue weighted by molar-refractivity contribution is -0.132. The van der Waals surface area contributed by atoms with Crippen LogP contribution >= 0.6 is 0 Å². The quantitative estimate of drug-likeness (QED) is 0.444. The number of carbonyl (C=O) groups is 2. The summed E-state index contributed by atoms with van der Waals surface area (Å²) in [4.78, 5) is 25.5. The van der Waals surface area contributed by atoms with Crippen LogP contribution in [0.4, 0.5) is 10.5 Å². The van der Waals surface area contributed by atoms with Crippen LogP contribution in [0.3, 0.4) is 0 Å². The third-order valence-electron chi connectivity index (χ3n) is 4.48. The van der Waals surface area contributed by atoms with Gasteiger partial charge in [0.05, 0.1) is 6.54 Å². The van der Waals surface area contributed by atoms with Crippen LogP contribution in [0.1, 0.15) is 32.3 Å². The Morgan fingerprint density at radius 2 is 2.04 bits per heavy atom. The van der Waals surface area contributed by atoms with Gasteiger partial charge in [0.25, 0.3) is 5.91 Å². The van der Waals surface area contributed by atoms with Crippen molar-refractivity contribution < 1.29 is 28.0 Å². The largest absolute Gasteiger partial charge is 0.444 e. The number of cyclic esters (lactones) is 1. The monoisotopic (exact) mass is 394 g/mol. The second-order valence-electron chi connectivity index (χ2n) is 6.47. The molecule has 1 saturated heterocycles. The molecule has 1 aromatic rings. The molecule has 0 spiro atoms. The van der Waals surface area contributed by atoms with Crippen molar-refractivity contribution >= 4 is 27.5 Å². The van der Waals surface area contributed by atoms with Gasteiger partial charge in [-0.3, -0.25) is 14.9 Å². The highest BCUT2D eigenvalue weighted by atomic mass is 32.2. The van der Waals surface area contributed by atoms with E-state index in [-0.39, 0.29) is 13.0 Å². The minimum Gasteiger partial charge on any atom is -0.444 e. The fourth-order valence-electron chi connectivity index (χ4n) is 2.72. The number of sulfone groups is 1. The maximum Gasteiger partial charge on any atom is 0.414 e. The summed E-state index contributed by atoms with van der Waals surface area (Å²) >= 11 is 0. The summed E-state index contributed by atoms with van der Waals surface area (Å²) < 4.78 is 27.4. The van der Waals surface area contributed by atoms with Crippen LogP contribution in [0, 0.1) is 11.8 Å². The summed E-state index contributed by atoms with van der Waals surface area (Å²) in [5.74, 6) is 4.86. The number of benzene rings is 1. The summed E-state index contributed by atoms with van der Waals surface area (Å²) in [5, 5.41) is 8.88. The molecule has 1 aliphatic heterocycles. The number of carbonyl (C=O) groups excluding carboxylic acids is 2. The Hall–Kier alpha value is -2.57. The molecule has 146 valence electrons. The highest BCUT2D eigenvalue weighted by Crippen LogP contribution is 2.30. The number of ether oxygens (including phenoxy) is 1. The van der Waals surface area contributed by atoms with E-state index in [9.17, 15) is 18.0 Å². The molecule has 2 atom stereocenters. The second-order valence-corrected chi connectivity index (χ2v) is 8.91. The topological polar surface area (TPSA) is 113 Å². The number of hydrogen-bond acceptors (Lipinski definition) is 6. The molecule has 2 unspecified atom stereocenters. The van der Waals surface area contributed by atoms with E-state index < -0.39 is 32.7 Å². The van der Waals surface area contributed by atoms with E-state index in [0.717, 1.165) is 18.2 Å². The minimum absolute atomic E-state index is 0.0859. The van der Waals surface area contributed by atoms with Crippen LogP contribution < -0.4 is 10.4 Å². The van der Waals surface area contributed by atoms with Crippen LogP contribution in [0.2, 0.25) is 0 Å². The van der Waals surface area contributed by atoms with E-state index in [1.54, 1.807) is 24.3 Å². The molecule has 1 aliphatic rings. The lowest BCUT2D eigenvalue weighted by Crippen LogP contribution is -2.51. The van der Waals surface area contributed by atoms with Gasteiger partial charge < -0.3 is 4.74 Å². The Bertz CT molecular complexity index is 885. The van der Waals surface area contributed by atoms with Gasteiger partial charge in [0.1, 0.15) is 6.10 Å². The Morgan fingerprint density at radius 3 is 2.56 bits per heavy atom. The van der Waals surface area contributed by atoms with Gasteiger partial charge in [-0.05, 0) is 31.2 Å². The predicted octanol–water partition coefficient (Wildman–Crippen LogP) is 1.47. The van der Waals surface area contributed by atoms with Crippen LogP contribution in [0.15, 0.2) is 24.3 Å². The molecule has 0 saturated carbocycles. The van der Waals surface area contributed by atoms with Crippen molar-refractivity contribution in [3.05, 3.63) is 29.8 Å². The van der Waals surface area contributed by atoms with Gasteiger partial charge in [0.15, 0.2) is 14.6 Å². The Balaban J connectivity index is 2.18. The van der Waals surface area contributed by atoms with Crippen LogP contribution in [0.25, 0.3) is 0 Å². The number of nitrogens with one attached hydrogen (secondary N) is 1. The molecular weight excluding hydrogens is 372 g/mol. The van der Waals surface area contributed by atoms with E-state index in [1.165, 1.54) is 17.3 Å². The lowest BCUT2D eigenvalue weighted by Gasteiger charge is -2.26. The fraction of sp³-hybridized carbons (Fsp3) is 0.444. The van der Waals surface area contributed by atoms with Gasteiger partial charge in [0, 0.05) is 30.3 Å².